The molecule has 0 aliphatic heterocycles. The molecule has 0 aliphatic carbocycles. The van der Waals surface area contributed by atoms with Crippen LogP contribution in [0.3, 0.4) is 0 Å². The van der Waals surface area contributed by atoms with E-state index in [4.69, 9.17) is 12.2 Å². The molecule has 3 nitrogen and oxygen atoms in total. The van der Waals surface area contributed by atoms with Gasteiger partial charge in [0.1, 0.15) is 0 Å². The van der Waals surface area contributed by atoms with Crippen molar-refractivity contribution in [2.75, 3.05) is 18.8 Å². The minimum absolute atomic E-state index is 0.0598. The zero-order valence-corrected chi connectivity index (χ0v) is 8.73. The molecule has 0 saturated carbocycles. The zero-order valence-electron chi connectivity index (χ0n) is 8.73. The number of hydrogen-bond donors (Lipinski definition) is 1. The Labute approximate surface area is 89.9 Å². The van der Waals surface area contributed by atoms with Gasteiger partial charge < -0.3 is 10.6 Å². The van der Waals surface area contributed by atoms with Crippen LogP contribution in [0.2, 0.25) is 0 Å². The van der Waals surface area contributed by atoms with Crippen LogP contribution < -0.4 is 5.73 Å². The van der Waals surface area contributed by atoms with Gasteiger partial charge in [-0.15, -0.1) is 6.42 Å². The van der Waals surface area contributed by atoms with Gasteiger partial charge in [-0.05, 0) is 31.2 Å². The van der Waals surface area contributed by atoms with E-state index in [-0.39, 0.29) is 5.91 Å². The number of hydrogen-bond acceptors (Lipinski definition) is 2. The number of nitrogen functional groups attached to an aromatic ring is 1. The first-order valence-corrected chi connectivity index (χ1v) is 4.77. The van der Waals surface area contributed by atoms with Gasteiger partial charge in [0.25, 0.3) is 5.91 Å². The quantitative estimate of drug-likeness (QED) is 0.594. The van der Waals surface area contributed by atoms with Crippen molar-refractivity contribution in [1.82, 2.24) is 4.90 Å². The SMILES string of the molecule is C#CCN(CC)C(=O)c1ccc(N)cc1. The van der Waals surface area contributed by atoms with Crippen LogP contribution in [0.1, 0.15) is 17.3 Å². The van der Waals surface area contributed by atoms with Crippen LogP contribution in [0.15, 0.2) is 24.3 Å². The van der Waals surface area contributed by atoms with Crippen LogP contribution in [0.5, 0.6) is 0 Å². The van der Waals surface area contributed by atoms with Crippen LogP contribution in [-0.4, -0.2) is 23.9 Å². The van der Waals surface area contributed by atoms with Crippen LogP contribution in [0.4, 0.5) is 5.69 Å². The van der Waals surface area contributed by atoms with E-state index in [1.54, 1.807) is 29.2 Å². The average molecular weight is 202 g/mol. The molecule has 0 heterocycles. The summed E-state index contributed by atoms with van der Waals surface area (Å²) >= 11 is 0. The Balaban J connectivity index is 2.84. The molecule has 1 amide bonds. The summed E-state index contributed by atoms with van der Waals surface area (Å²) in [6, 6.07) is 6.82. The molecule has 0 unspecified atom stereocenters. The summed E-state index contributed by atoms with van der Waals surface area (Å²) in [5.74, 6) is 2.40. The highest BCUT2D eigenvalue weighted by molar-refractivity contribution is 5.94. The fourth-order valence-corrected chi connectivity index (χ4v) is 1.25. The monoisotopic (exact) mass is 202 g/mol. The zero-order chi connectivity index (χ0) is 11.3. The molecule has 0 bridgehead atoms. The van der Waals surface area contributed by atoms with E-state index < -0.39 is 0 Å². The highest BCUT2D eigenvalue weighted by Crippen LogP contribution is 2.08. The third-order valence-electron chi connectivity index (χ3n) is 2.11. The second-order valence-electron chi connectivity index (χ2n) is 3.15. The molecule has 78 valence electrons. The fourth-order valence-electron chi connectivity index (χ4n) is 1.25. The van der Waals surface area contributed by atoms with Gasteiger partial charge in [-0.3, -0.25) is 4.79 Å². The molecule has 0 spiro atoms. The number of terminal acetylenes is 1. The van der Waals surface area contributed by atoms with E-state index in [0.29, 0.717) is 24.3 Å². The van der Waals surface area contributed by atoms with E-state index in [9.17, 15) is 4.79 Å². The van der Waals surface area contributed by atoms with Gasteiger partial charge in [0.2, 0.25) is 0 Å². The largest absolute Gasteiger partial charge is 0.399 e. The van der Waals surface area contributed by atoms with Crippen molar-refractivity contribution in [2.24, 2.45) is 0 Å². The second kappa shape index (κ2) is 5.06. The van der Waals surface area contributed by atoms with E-state index >= 15 is 0 Å². The Morgan fingerprint density at radius 3 is 2.53 bits per heavy atom. The summed E-state index contributed by atoms with van der Waals surface area (Å²) in [7, 11) is 0. The van der Waals surface area contributed by atoms with Gasteiger partial charge in [-0.2, -0.15) is 0 Å². The Morgan fingerprint density at radius 2 is 2.07 bits per heavy atom. The molecule has 1 aromatic rings. The van der Waals surface area contributed by atoms with Gasteiger partial charge >= 0.3 is 0 Å². The first-order valence-electron chi connectivity index (χ1n) is 4.77. The molecule has 0 fully saturated rings. The van der Waals surface area contributed by atoms with E-state index in [0.717, 1.165) is 0 Å². The lowest BCUT2D eigenvalue weighted by Crippen LogP contribution is -2.31. The summed E-state index contributed by atoms with van der Waals surface area (Å²) in [5.41, 5.74) is 6.79. The smallest absolute Gasteiger partial charge is 0.254 e. The summed E-state index contributed by atoms with van der Waals surface area (Å²) < 4.78 is 0. The Kier molecular flexibility index (Phi) is 3.75. The van der Waals surface area contributed by atoms with Crippen LogP contribution in [0.25, 0.3) is 0 Å². The summed E-state index contributed by atoms with van der Waals surface area (Å²) in [6.07, 6.45) is 5.18. The maximum atomic E-state index is 11.9. The molecule has 0 aromatic heterocycles. The van der Waals surface area contributed by atoms with Crippen molar-refractivity contribution in [2.45, 2.75) is 6.92 Å². The number of amides is 1. The molecular weight excluding hydrogens is 188 g/mol. The van der Waals surface area contributed by atoms with E-state index in [2.05, 4.69) is 5.92 Å². The Morgan fingerprint density at radius 1 is 1.47 bits per heavy atom. The Hall–Kier alpha value is -1.95. The van der Waals surface area contributed by atoms with Crippen molar-refractivity contribution >= 4 is 11.6 Å². The number of nitrogens with zero attached hydrogens (tertiary/aromatic N) is 1. The summed E-state index contributed by atoms with van der Waals surface area (Å²) in [4.78, 5) is 13.5. The normalized spacial score (nSPS) is 9.33. The van der Waals surface area contributed by atoms with Crippen LogP contribution in [0, 0.1) is 12.3 Å². The Bertz CT molecular complexity index is 376. The van der Waals surface area contributed by atoms with Crippen LogP contribution >= 0.6 is 0 Å². The number of carbonyl (C=O) groups is 1. The highest BCUT2D eigenvalue weighted by Gasteiger charge is 2.12. The highest BCUT2D eigenvalue weighted by atomic mass is 16.2. The number of carbonyl (C=O) groups excluding carboxylic acids is 1. The van der Waals surface area contributed by atoms with Crippen LogP contribution in [-0.2, 0) is 0 Å². The standard InChI is InChI=1S/C12H14N2O/c1-3-9-14(4-2)12(15)10-5-7-11(13)8-6-10/h1,5-8H,4,9,13H2,2H3. The molecule has 1 aromatic carbocycles. The number of benzene rings is 1. The summed E-state index contributed by atoms with van der Waals surface area (Å²) in [5, 5.41) is 0. The molecule has 0 saturated heterocycles. The molecule has 0 radical (unpaired) electrons. The van der Waals surface area contributed by atoms with Gasteiger partial charge in [0.05, 0.1) is 6.54 Å². The minimum atomic E-state index is -0.0598. The van der Waals surface area contributed by atoms with Gasteiger partial charge in [-0.1, -0.05) is 5.92 Å². The number of rotatable bonds is 3. The van der Waals surface area contributed by atoms with Crippen molar-refractivity contribution in [3.63, 3.8) is 0 Å². The van der Waals surface area contributed by atoms with Gasteiger partial charge in [-0.25, -0.2) is 0 Å². The maximum absolute atomic E-state index is 11.9. The topological polar surface area (TPSA) is 46.3 Å². The molecule has 0 atom stereocenters. The minimum Gasteiger partial charge on any atom is -0.399 e. The number of anilines is 1. The molecule has 1 rings (SSSR count). The number of nitrogens with two attached hydrogens (primary N) is 1. The molecular formula is C12H14N2O. The molecule has 0 aliphatic rings. The van der Waals surface area contributed by atoms with Crippen molar-refractivity contribution < 1.29 is 4.79 Å². The third kappa shape index (κ3) is 2.75. The van der Waals surface area contributed by atoms with Crippen molar-refractivity contribution in [3.8, 4) is 12.3 Å². The molecule has 15 heavy (non-hydrogen) atoms. The first-order chi connectivity index (χ1) is 7.19. The second-order valence-corrected chi connectivity index (χ2v) is 3.15. The first kappa shape index (κ1) is 11.1. The lowest BCUT2D eigenvalue weighted by molar-refractivity contribution is 0.0785. The van der Waals surface area contributed by atoms with E-state index in [1.165, 1.54) is 0 Å². The predicted octanol–water partition coefficient (Wildman–Crippen LogP) is 1.36. The fraction of sp³-hybridized carbons (Fsp3) is 0.250. The van der Waals surface area contributed by atoms with Gasteiger partial charge in [0.15, 0.2) is 0 Å². The predicted molar refractivity (Wildman–Crippen MR) is 61.3 cm³/mol. The van der Waals surface area contributed by atoms with E-state index in [1.807, 2.05) is 6.92 Å². The van der Waals surface area contributed by atoms with Crippen molar-refractivity contribution in [3.05, 3.63) is 29.8 Å². The summed E-state index contributed by atoms with van der Waals surface area (Å²) in [6.45, 7) is 2.83. The molecule has 2 N–H and O–H groups in total. The third-order valence-corrected chi connectivity index (χ3v) is 2.11. The van der Waals surface area contributed by atoms with Gasteiger partial charge in [0, 0.05) is 17.8 Å². The average Bonchev–Trinajstić information content (AvgIpc) is 2.26. The maximum Gasteiger partial charge on any atom is 0.254 e. The van der Waals surface area contributed by atoms with Crippen molar-refractivity contribution in [1.29, 1.82) is 0 Å². The molecule has 3 heteroatoms. The lowest BCUT2D eigenvalue weighted by Gasteiger charge is -2.17. The lowest BCUT2D eigenvalue weighted by atomic mass is 10.2.